The van der Waals surface area contributed by atoms with Crippen LogP contribution in [0.25, 0.3) is 0 Å². The summed E-state index contributed by atoms with van der Waals surface area (Å²) in [5.41, 5.74) is 3.62. The molecule has 2 amide bonds. The summed E-state index contributed by atoms with van der Waals surface area (Å²) < 4.78 is 24.2. The third-order valence-electron chi connectivity index (χ3n) is 6.20. The van der Waals surface area contributed by atoms with Crippen LogP contribution in [0.2, 0.25) is 0 Å². The van der Waals surface area contributed by atoms with Crippen LogP contribution in [-0.2, 0) is 11.2 Å². The molecule has 0 radical (unpaired) electrons. The summed E-state index contributed by atoms with van der Waals surface area (Å²) in [5.74, 6) is 0.424. The van der Waals surface area contributed by atoms with Crippen LogP contribution in [0.3, 0.4) is 0 Å². The van der Waals surface area contributed by atoms with E-state index in [0.717, 1.165) is 17.5 Å². The highest BCUT2D eigenvalue weighted by Crippen LogP contribution is 2.36. The van der Waals surface area contributed by atoms with Gasteiger partial charge in [0.1, 0.15) is 18.0 Å². The van der Waals surface area contributed by atoms with Gasteiger partial charge in [-0.1, -0.05) is 54.6 Å². The number of nitrogens with zero attached hydrogens (tertiary/aromatic N) is 1. The molecule has 38 heavy (non-hydrogen) atoms. The van der Waals surface area contributed by atoms with E-state index in [4.69, 9.17) is 9.47 Å². The lowest BCUT2D eigenvalue weighted by Gasteiger charge is -2.38. The molecule has 0 saturated carbocycles. The summed E-state index contributed by atoms with van der Waals surface area (Å²) in [4.78, 5) is 27.4. The van der Waals surface area contributed by atoms with E-state index in [1.165, 1.54) is 5.56 Å². The van der Waals surface area contributed by atoms with Crippen molar-refractivity contribution in [1.82, 2.24) is 10.2 Å². The first-order valence-corrected chi connectivity index (χ1v) is 12.7. The van der Waals surface area contributed by atoms with Gasteiger partial charge in [0.05, 0.1) is 12.4 Å². The van der Waals surface area contributed by atoms with Gasteiger partial charge in [0.25, 0.3) is 5.91 Å². The molecule has 3 aromatic carbocycles. The lowest BCUT2D eigenvalue weighted by Crippen LogP contribution is -2.40. The summed E-state index contributed by atoms with van der Waals surface area (Å²) in [6.45, 7) is 5.77. The maximum absolute atomic E-state index is 13.6. The second kappa shape index (κ2) is 11.9. The average Bonchev–Trinajstić information content (AvgIpc) is 2.92. The summed E-state index contributed by atoms with van der Waals surface area (Å²) in [6, 6.07) is 25.0. The van der Waals surface area contributed by atoms with Crippen LogP contribution in [0.15, 0.2) is 90.8 Å². The first-order valence-electron chi connectivity index (χ1n) is 12.7. The monoisotopic (exact) mass is 516 g/mol. The zero-order valence-electron chi connectivity index (χ0n) is 21.9. The molecule has 0 aromatic heterocycles. The van der Waals surface area contributed by atoms with Crippen molar-refractivity contribution in [2.45, 2.75) is 38.8 Å². The zero-order chi connectivity index (χ0) is 27.1. The minimum absolute atomic E-state index is 0.0424. The molecule has 198 valence electrons. The minimum Gasteiger partial charge on any atom is -0.489 e. The van der Waals surface area contributed by atoms with Gasteiger partial charge in [-0.15, -0.1) is 0 Å². The standard InChI is InChI=1S/C31H33FN2O4/c1-31(2,3)38-30(36)33-20-22(19-32)21-37-26-15-13-25(14-16-26)29(35)34-18-17-23-9-7-8-12-27(23)28(34)24-10-5-4-6-11-24/h4-16,19,28H,17-18,20-21H2,1-3H3,(H,33,36)/t28-/m0/s1. The quantitative estimate of drug-likeness (QED) is 0.404. The van der Waals surface area contributed by atoms with Gasteiger partial charge in [0, 0.05) is 24.2 Å². The number of nitrogens with one attached hydrogen (secondary N) is 1. The molecule has 0 bridgehead atoms. The third kappa shape index (κ3) is 6.79. The van der Waals surface area contributed by atoms with Crippen LogP contribution in [-0.4, -0.2) is 42.2 Å². The molecule has 1 heterocycles. The van der Waals surface area contributed by atoms with Crippen LogP contribution in [0, 0.1) is 0 Å². The second-order valence-electron chi connectivity index (χ2n) is 10.2. The van der Waals surface area contributed by atoms with Crippen LogP contribution in [0.1, 0.15) is 53.9 Å². The maximum atomic E-state index is 13.6. The zero-order valence-corrected chi connectivity index (χ0v) is 21.9. The Morgan fingerprint density at radius 3 is 2.37 bits per heavy atom. The van der Waals surface area contributed by atoms with Crippen molar-refractivity contribution >= 4 is 12.0 Å². The number of fused-ring (bicyclic) bond motifs is 1. The van der Waals surface area contributed by atoms with Gasteiger partial charge in [-0.3, -0.25) is 4.79 Å². The molecule has 1 N–H and O–H groups in total. The van der Waals surface area contributed by atoms with Gasteiger partial charge in [0.15, 0.2) is 0 Å². The summed E-state index contributed by atoms with van der Waals surface area (Å²) in [6.07, 6.45) is 0.573. The molecule has 6 nitrogen and oxygen atoms in total. The minimum atomic E-state index is -0.641. The number of benzene rings is 3. The molecule has 0 unspecified atom stereocenters. The van der Waals surface area contributed by atoms with Crippen LogP contribution < -0.4 is 10.1 Å². The molecule has 1 atom stereocenters. The molecule has 0 aliphatic carbocycles. The fourth-order valence-corrected chi connectivity index (χ4v) is 4.44. The fourth-order valence-electron chi connectivity index (χ4n) is 4.44. The Morgan fingerprint density at radius 2 is 1.68 bits per heavy atom. The molecular weight excluding hydrogens is 483 g/mol. The van der Waals surface area contributed by atoms with Crippen LogP contribution in [0.5, 0.6) is 5.75 Å². The topological polar surface area (TPSA) is 67.9 Å². The summed E-state index contributed by atoms with van der Waals surface area (Å²) in [5, 5.41) is 2.51. The molecule has 1 aliphatic rings. The van der Waals surface area contributed by atoms with Crippen LogP contribution in [0.4, 0.5) is 9.18 Å². The fraction of sp³-hybridized carbons (Fsp3) is 0.290. The Bertz CT molecular complexity index is 1280. The lowest BCUT2D eigenvalue weighted by molar-refractivity contribution is 0.0531. The van der Waals surface area contributed by atoms with Crippen molar-refractivity contribution in [1.29, 1.82) is 0 Å². The second-order valence-corrected chi connectivity index (χ2v) is 10.2. The van der Waals surface area contributed by atoms with E-state index in [0.29, 0.717) is 24.2 Å². The molecule has 3 aromatic rings. The largest absolute Gasteiger partial charge is 0.489 e. The van der Waals surface area contributed by atoms with Crippen molar-refractivity contribution in [2.75, 3.05) is 19.7 Å². The van der Waals surface area contributed by atoms with E-state index >= 15 is 0 Å². The number of hydrogen-bond acceptors (Lipinski definition) is 4. The molecular formula is C31H33FN2O4. The maximum Gasteiger partial charge on any atom is 0.407 e. The van der Waals surface area contributed by atoms with Gasteiger partial charge in [-0.2, -0.15) is 0 Å². The predicted octanol–water partition coefficient (Wildman–Crippen LogP) is 6.23. The van der Waals surface area contributed by atoms with E-state index < -0.39 is 11.7 Å². The molecule has 0 spiro atoms. The average molecular weight is 517 g/mol. The number of amides is 2. The van der Waals surface area contributed by atoms with E-state index in [2.05, 4.69) is 29.6 Å². The number of rotatable bonds is 7. The highest BCUT2D eigenvalue weighted by atomic mass is 19.1. The van der Waals surface area contributed by atoms with Gasteiger partial charge in [-0.25, -0.2) is 9.18 Å². The molecule has 7 heteroatoms. The number of carbonyl (C=O) groups excluding carboxylic acids is 2. The van der Waals surface area contributed by atoms with E-state index in [9.17, 15) is 14.0 Å². The van der Waals surface area contributed by atoms with Gasteiger partial charge >= 0.3 is 6.09 Å². The summed E-state index contributed by atoms with van der Waals surface area (Å²) >= 11 is 0. The Morgan fingerprint density at radius 1 is 1.00 bits per heavy atom. The van der Waals surface area contributed by atoms with Crippen LogP contribution >= 0.6 is 0 Å². The smallest absolute Gasteiger partial charge is 0.407 e. The number of carbonyl (C=O) groups is 2. The third-order valence-corrected chi connectivity index (χ3v) is 6.20. The normalized spacial score (nSPS) is 15.4. The Kier molecular flexibility index (Phi) is 8.46. The molecule has 0 saturated heterocycles. The number of alkyl carbamates (subject to hydrolysis) is 1. The number of ether oxygens (including phenoxy) is 2. The number of halogens is 1. The molecule has 4 rings (SSSR count). The van der Waals surface area contributed by atoms with Crippen molar-refractivity contribution < 1.29 is 23.5 Å². The highest BCUT2D eigenvalue weighted by molar-refractivity contribution is 5.95. The number of hydrogen-bond donors (Lipinski definition) is 1. The van der Waals surface area contributed by atoms with Gasteiger partial charge < -0.3 is 19.7 Å². The summed E-state index contributed by atoms with van der Waals surface area (Å²) in [7, 11) is 0. The van der Waals surface area contributed by atoms with Crippen molar-refractivity contribution in [2.24, 2.45) is 0 Å². The van der Waals surface area contributed by atoms with Gasteiger partial charge in [0.2, 0.25) is 0 Å². The lowest BCUT2D eigenvalue weighted by atomic mass is 9.88. The van der Waals surface area contributed by atoms with E-state index in [-0.39, 0.29) is 30.7 Å². The predicted molar refractivity (Wildman–Crippen MR) is 145 cm³/mol. The Hall–Kier alpha value is -4.13. The first kappa shape index (κ1) is 26.9. The van der Waals surface area contributed by atoms with Crippen molar-refractivity contribution in [3.63, 3.8) is 0 Å². The molecule has 0 fully saturated rings. The Balaban J connectivity index is 1.41. The highest BCUT2D eigenvalue weighted by Gasteiger charge is 2.32. The Labute approximate surface area is 223 Å². The van der Waals surface area contributed by atoms with E-state index in [1.807, 2.05) is 35.2 Å². The SMILES string of the molecule is CC(C)(C)OC(=O)NCC(=CF)COc1ccc(C(=O)N2CCc3ccccc3[C@@H]2c2ccccc2)cc1. The van der Waals surface area contributed by atoms with Gasteiger partial charge in [-0.05, 0) is 68.1 Å². The van der Waals surface area contributed by atoms with Crippen molar-refractivity contribution in [3.05, 3.63) is 113 Å². The first-order chi connectivity index (χ1) is 18.2. The van der Waals surface area contributed by atoms with Crippen molar-refractivity contribution in [3.8, 4) is 5.75 Å². The molecule has 1 aliphatic heterocycles. The van der Waals surface area contributed by atoms with E-state index in [1.54, 1.807) is 45.0 Å².